The fourth-order valence-corrected chi connectivity index (χ4v) is 6.60. The van der Waals surface area contributed by atoms with Crippen molar-refractivity contribution in [3.63, 3.8) is 0 Å². The van der Waals surface area contributed by atoms with E-state index in [-0.39, 0.29) is 11.2 Å². The number of rotatable bonds is 5. The molecule has 1 aromatic rings. The van der Waals surface area contributed by atoms with Crippen LogP contribution in [0.3, 0.4) is 0 Å². The predicted molar refractivity (Wildman–Crippen MR) is 102 cm³/mol. The van der Waals surface area contributed by atoms with Crippen LogP contribution >= 0.6 is 0 Å². The number of ether oxygens (including phenoxy) is 2. The lowest BCUT2D eigenvalue weighted by Crippen LogP contribution is -2.57. The summed E-state index contributed by atoms with van der Waals surface area (Å²) in [4.78, 5) is 32.4. The number of hydrogen-bond donors (Lipinski definition) is 2. The summed E-state index contributed by atoms with van der Waals surface area (Å²) in [5, 5.41) is 0. The number of hydrogen-bond acceptors (Lipinski definition) is 6. The maximum absolute atomic E-state index is 15.2. The lowest BCUT2D eigenvalue weighted by atomic mass is 9.48. The van der Waals surface area contributed by atoms with Crippen LogP contribution in [0.15, 0.2) is 4.79 Å². The molecule has 0 spiro atoms. The Labute approximate surface area is 168 Å². The summed E-state index contributed by atoms with van der Waals surface area (Å²) in [6.45, 7) is 1.78. The van der Waals surface area contributed by atoms with Gasteiger partial charge in [-0.3, -0.25) is 9.78 Å². The highest BCUT2D eigenvalue weighted by molar-refractivity contribution is 5.80. The Morgan fingerprint density at radius 1 is 1.21 bits per heavy atom. The number of anilines is 1. The summed E-state index contributed by atoms with van der Waals surface area (Å²) < 4.78 is 26.4. The Hall–Kier alpha value is -2.16. The van der Waals surface area contributed by atoms with Crippen molar-refractivity contribution in [3.8, 4) is 5.88 Å². The molecule has 9 heteroatoms. The largest absolute Gasteiger partial charge is 0.461 e. The van der Waals surface area contributed by atoms with Crippen LogP contribution in [0, 0.1) is 29.0 Å². The van der Waals surface area contributed by atoms with Crippen LogP contribution < -0.4 is 21.1 Å². The van der Waals surface area contributed by atoms with Crippen LogP contribution in [0.1, 0.15) is 38.5 Å². The van der Waals surface area contributed by atoms with Gasteiger partial charge >= 0.3 is 5.69 Å². The number of H-pyrrole nitrogens is 1. The molecule has 4 saturated carbocycles. The van der Waals surface area contributed by atoms with E-state index in [1.807, 2.05) is 0 Å². The van der Waals surface area contributed by atoms with Crippen molar-refractivity contribution >= 4 is 11.7 Å². The highest BCUT2D eigenvalue weighted by Crippen LogP contribution is 2.61. The minimum Gasteiger partial charge on any atom is -0.461 e. The molecule has 3 N–H and O–H groups in total. The number of aromatic amines is 1. The smallest absolute Gasteiger partial charge is 0.349 e. The van der Waals surface area contributed by atoms with E-state index < -0.39 is 29.4 Å². The Balaban J connectivity index is 1.47. The summed E-state index contributed by atoms with van der Waals surface area (Å²) in [6.07, 6.45) is 5.23. The standard InChI is InChI=1S/C20H27FN4O4/c21-14-17(25-1-3-28-4-2-25)23-19(27)24-18(14)29-15(16(22)26)20-8-11-5-12(9-20)7-13(6-11)10-20/h11-13,15H,1-10H2,(H2,22,26)(H,23,24,27). The third-order valence-corrected chi connectivity index (χ3v) is 7.28. The molecule has 29 heavy (non-hydrogen) atoms. The van der Waals surface area contributed by atoms with Crippen molar-refractivity contribution in [2.75, 3.05) is 31.2 Å². The van der Waals surface area contributed by atoms with Gasteiger partial charge in [0.1, 0.15) is 0 Å². The molecule has 1 amide bonds. The van der Waals surface area contributed by atoms with E-state index in [9.17, 15) is 9.59 Å². The second-order valence-electron chi connectivity index (χ2n) is 9.29. The number of nitrogens with zero attached hydrogens (tertiary/aromatic N) is 2. The number of carbonyl (C=O) groups is 1. The van der Waals surface area contributed by atoms with Crippen LogP contribution in [0.2, 0.25) is 0 Å². The van der Waals surface area contributed by atoms with Gasteiger partial charge in [0.25, 0.3) is 11.8 Å². The first-order valence-electron chi connectivity index (χ1n) is 10.5. The molecule has 158 valence electrons. The van der Waals surface area contributed by atoms with E-state index in [0.29, 0.717) is 44.1 Å². The molecule has 4 aliphatic carbocycles. The van der Waals surface area contributed by atoms with Gasteiger partial charge in [0.15, 0.2) is 11.9 Å². The fourth-order valence-electron chi connectivity index (χ4n) is 6.60. The Morgan fingerprint density at radius 2 is 1.79 bits per heavy atom. The number of primary amides is 1. The molecule has 4 bridgehead atoms. The topological polar surface area (TPSA) is 111 Å². The second kappa shape index (κ2) is 6.97. The maximum atomic E-state index is 15.2. The van der Waals surface area contributed by atoms with Crippen molar-refractivity contribution in [2.45, 2.75) is 44.6 Å². The van der Waals surface area contributed by atoms with Crippen molar-refractivity contribution in [1.82, 2.24) is 9.97 Å². The Morgan fingerprint density at radius 3 is 2.34 bits per heavy atom. The molecule has 5 aliphatic rings. The highest BCUT2D eigenvalue weighted by atomic mass is 19.1. The van der Waals surface area contributed by atoms with E-state index in [1.165, 1.54) is 19.3 Å². The van der Waals surface area contributed by atoms with Crippen molar-refractivity contribution < 1.29 is 18.7 Å². The number of nitrogens with one attached hydrogen (secondary N) is 1. The van der Waals surface area contributed by atoms with Gasteiger partial charge in [0, 0.05) is 18.5 Å². The minimum atomic E-state index is -0.975. The average Bonchev–Trinajstić information content (AvgIpc) is 2.67. The minimum absolute atomic E-state index is 0.0250. The first-order valence-corrected chi connectivity index (χ1v) is 10.5. The van der Waals surface area contributed by atoms with Crippen LogP contribution in [-0.4, -0.2) is 48.3 Å². The Bertz CT molecular complexity index is 831. The third kappa shape index (κ3) is 3.29. The third-order valence-electron chi connectivity index (χ3n) is 7.28. The molecule has 1 aliphatic heterocycles. The van der Waals surface area contributed by atoms with Crippen LogP contribution in [0.4, 0.5) is 10.2 Å². The first kappa shape index (κ1) is 18.8. The molecule has 1 unspecified atom stereocenters. The van der Waals surface area contributed by atoms with Crippen molar-refractivity contribution in [3.05, 3.63) is 16.3 Å². The van der Waals surface area contributed by atoms with Crippen LogP contribution in [0.5, 0.6) is 5.88 Å². The fraction of sp³-hybridized carbons (Fsp3) is 0.750. The van der Waals surface area contributed by atoms with E-state index >= 15 is 4.39 Å². The molecule has 8 nitrogen and oxygen atoms in total. The summed E-state index contributed by atoms with van der Waals surface area (Å²) in [5.41, 5.74) is 4.66. The van der Waals surface area contributed by atoms with Gasteiger partial charge in [-0.1, -0.05) is 0 Å². The summed E-state index contributed by atoms with van der Waals surface area (Å²) in [5.74, 6) is -0.0524. The summed E-state index contributed by atoms with van der Waals surface area (Å²) in [7, 11) is 0. The van der Waals surface area contributed by atoms with E-state index in [1.54, 1.807) is 4.90 Å². The molecule has 5 fully saturated rings. The molecule has 1 aromatic heterocycles. The van der Waals surface area contributed by atoms with Crippen LogP contribution in [0.25, 0.3) is 0 Å². The van der Waals surface area contributed by atoms with Crippen LogP contribution in [-0.2, 0) is 9.53 Å². The van der Waals surface area contributed by atoms with Gasteiger partial charge < -0.3 is 20.1 Å². The number of morpholine rings is 1. The average molecular weight is 406 g/mol. The number of nitrogens with two attached hydrogens (primary N) is 1. The first-order chi connectivity index (χ1) is 13.9. The molecular weight excluding hydrogens is 379 g/mol. The zero-order valence-electron chi connectivity index (χ0n) is 16.4. The predicted octanol–water partition coefficient (Wildman–Crippen LogP) is 1.19. The van der Waals surface area contributed by atoms with E-state index in [4.69, 9.17) is 15.2 Å². The van der Waals surface area contributed by atoms with Gasteiger partial charge in [-0.2, -0.15) is 9.37 Å². The quantitative estimate of drug-likeness (QED) is 0.760. The maximum Gasteiger partial charge on any atom is 0.349 e. The normalized spacial score (nSPS) is 34.2. The number of aromatic nitrogens is 2. The zero-order chi connectivity index (χ0) is 20.2. The van der Waals surface area contributed by atoms with E-state index in [2.05, 4.69) is 9.97 Å². The molecule has 0 aromatic carbocycles. The lowest BCUT2D eigenvalue weighted by molar-refractivity contribution is -0.148. The molecule has 1 saturated heterocycles. The lowest BCUT2D eigenvalue weighted by Gasteiger charge is -2.58. The molecule has 1 atom stereocenters. The molecule has 6 rings (SSSR count). The number of halogens is 1. The SMILES string of the molecule is NC(=O)C(Oc1nc(=O)[nH]c(N2CCOCC2)c1F)C12CC3CC(CC(C3)C1)C2. The molecular formula is C20H27FN4O4. The van der Waals surface area contributed by atoms with Gasteiger partial charge in [-0.25, -0.2) is 4.79 Å². The number of carbonyl (C=O) groups excluding carboxylic acids is 1. The van der Waals surface area contributed by atoms with Gasteiger partial charge in [0.2, 0.25) is 5.82 Å². The van der Waals surface area contributed by atoms with Crippen molar-refractivity contribution in [1.29, 1.82) is 0 Å². The monoisotopic (exact) mass is 406 g/mol. The van der Waals surface area contributed by atoms with Gasteiger partial charge in [-0.15, -0.1) is 0 Å². The highest BCUT2D eigenvalue weighted by Gasteiger charge is 2.57. The van der Waals surface area contributed by atoms with E-state index in [0.717, 1.165) is 19.3 Å². The molecule has 2 heterocycles. The Kier molecular flexibility index (Phi) is 4.53. The second-order valence-corrected chi connectivity index (χ2v) is 9.29. The van der Waals surface area contributed by atoms with Crippen molar-refractivity contribution in [2.24, 2.45) is 28.9 Å². The summed E-state index contributed by atoms with van der Waals surface area (Å²) in [6, 6.07) is 0. The summed E-state index contributed by atoms with van der Waals surface area (Å²) >= 11 is 0. The number of amides is 1. The van der Waals surface area contributed by atoms with Gasteiger partial charge in [-0.05, 0) is 56.3 Å². The van der Waals surface area contributed by atoms with Gasteiger partial charge in [0.05, 0.1) is 13.2 Å². The molecule has 0 radical (unpaired) electrons. The zero-order valence-corrected chi connectivity index (χ0v) is 16.4.